The van der Waals surface area contributed by atoms with E-state index in [1.807, 2.05) is 32.0 Å². The Hall–Kier alpha value is -2.27. The van der Waals surface area contributed by atoms with Gasteiger partial charge in [0, 0.05) is 18.4 Å². The lowest BCUT2D eigenvalue weighted by molar-refractivity contribution is 0.0941. The maximum Gasteiger partial charge on any atom is 0.252 e. The summed E-state index contributed by atoms with van der Waals surface area (Å²) >= 11 is 0. The Kier molecular flexibility index (Phi) is 5.22. The van der Waals surface area contributed by atoms with Crippen LogP contribution in [0.4, 0.5) is 4.39 Å². The molecule has 1 amide bonds. The lowest BCUT2D eigenvalue weighted by Crippen LogP contribution is -2.34. The maximum atomic E-state index is 13.4. The predicted octanol–water partition coefficient (Wildman–Crippen LogP) is 2.56. The Labute approximate surface area is 130 Å². The van der Waals surface area contributed by atoms with E-state index < -0.39 is 0 Å². The zero-order valence-corrected chi connectivity index (χ0v) is 13.0. The summed E-state index contributed by atoms with van der Waals surface area (Å²) in [6, 6.07) is 9.87. The molecule has 0 saturated carbocycles. The number of pyridine rings is 1. The third-order valence-corrected chi connectivity index (χ3v) is 3.49. The van der Waals surface area contributed by atoms with Crippen LogP contribution in [-0.2, 0) is 0 Å². The van der Waals surface area contributed by atoms with Gasteiger partial charge in [0.25, 0.3) is 5.91 Å². The van der Waals surface area contributed by atoms with E-state index in [1.165, 1.54) is 12.1 Å². The van der Waals surface area contributed by atoms with E-state index in [2.05, 4.69) is 10.3 Å². The van der Waals surface area contributed by atoms with Gasteiger partial charge in [0.2, 0.25) is 0 Å². The Balaban J connectivity index is 2.06. The van der Waals surface area contributed by atoms with Crippen LogP contribution in [0.3, 0.4) is 0 Å². The van der Waals surface area contributed by atoms with Gasteiger partial charge < -0.3 is 10.2 Å². The van der Waals surface area contributed by atoms with Gasteiger partial charge >= 0.3 is 0 Å². The van der Waals surface area contributed by atoms with E-state index in [9.17, 15) is 9.18 Å². The van der Waals surface area contributed by atoms with Crippen LogP contribution < -0.4 is 5.32 Å². The van der Waals surface area contributed by atoms with Crippen LogP contribution in [0.1, 0.15) is 27.7 Å². The summed E-state index contributed by atoms with van der Waals surface area (Å²) in [5, 5.41) is 2.87. The van der Waals surface area contributed by atoms with Crippen molar-refractivity contribution in [3.63, 3.8) is 0 Å². The fraction of sp³-hybridized carbons (Fsp3) is 0.294. The topological polar surface area (TPSA) is 45.2 Å². The number of rotatable bonds is 5. The Morgan fingerprint density at radius 2 is 2.09 bits per heavy atom. The minimum atomic E-state index is -0.279. The summed E-state index contributed by atoms with van der Waals surface area (Å²) in [4.78, 5) is 18.2. The van der Waals surface area contributed by atoms with Crippen LogP contribution in [0.5, 0.6) is 0 Å². The lowest BCUT2D eigenvalue weighted by Gasteiger charge is -2.25. The summed E-state index contributed by atoms with van der Waals surface area (Å²) in [6.45, 7) is 2.26. The molecule has 0 radical (unpaired) electrons. The van der Waals surface area contributed by atoms with Gasteiger partial charge in [-0.3, -0.25) is 9.78 Å². The molecule has 0 spiro atoms. The van der Waals surface area contributed by atoms with Gasteiger partial charge in [-0.1, -0.05) is 12.1 Å². The van der Waals surface area contributed by atoms with Gasteiger partial charge in [-0.05, 0) is 50.8 Å². The van der Waals surface area contributed by atoms with Crippen LogP contribution in [0.15, 0.2) is 42.6 Å². The Morgan fingerprint density at radius 1 is 1.32 bits per heavy atom. The average Bonchev–Trinajstić information content (AvgIpc) is 2.47. The number of amides is 1. The first kappa shape index (κ1) is 16.1. The molecule has 1 N–H and O–H groups in total. The lowest BCUT2D eigenvalue weighted by atomic mass is 10.1. The SMILES string of the molecule is Cc1ccc(C(=O)NCC(c2cccc(F)c2)N(C)C)cn1. The third kappa shape index (κ3) is 4.11. The zero-order valence-electron chi connectivity index (χ0n) is 13.0. The monoisotopic (exact) mass is 301 g/mol. The van der Waals surface area contributed by atoms with Gasteiger partial charge in [0.15, 0.2) is 0 Å². The summed E-state index contributed by atoms with van der Waals surface area (Å²) in [7, 11) is 3.80. The minimum Gasteiger partial charge on any atom is -0.350 e. The number of aryl methyl sites for hydroxylation is 1. The van der Waals surface area contributed by atoms with Gasteiger partial charge in [-0.25, -0.2) is 4.39 Å². The van der Waals surface area contributed by atoms with Crippen molar-refractivity contribution < 1.29 is 9.18 Å². The third-order valence-electron chi connectivity index (χ3n) is 3.49. The van der Waals surface area contributed by atoms with Crippen molar-refractivity contribution in [3.05, 3.63) is 65.2 Å². The van der Waals surface area contributed by atoms with Gasteiger partial charge in [0.1, 0.15) is 5.82 Å². The quantitative estimate of drug-likeness (QED) is 0.923. The van der Waals surface area contributed by atoms with E-state index in [0.717, 1.165) is 11.3 Å². The van der Waals surface area contributed by atoms with Crippen molar-refractivity contribution in [2.45, 2.75) is 13.0 Å². The molecule has 1 unspecified atom stereocenters. The molecule has 5 heteroatoms. The molecule has 2 rings (SSSR count). The fourth-order valence-corrected chi connectivity index (χ4v) is 2.21. The second-order valence-corrected chi connectivity index (χ2v) is 5.43. The van der Waals surface area contributed by atoms with Crippen molar-refractivity contribution in [1.29, 1.82) is 0 Å². The molecule has 1 aromatic heterocycles. The van der Waals surface area contributed by atoms with Gasteiger partial charge in [0.05, 0.1) is 11.6 Å². The molecular weight excluding hydrogens is 281 g/mol. The number of hydrogen-bond acceptors (Lipinski definition) is 3. The smallest absolute Gasteiger partial charge is 0.252 e. The number of hydrogen-bond donors (Lipinski definition) is 1. The number of nitrogens with one attached hydrogen (secondary N) is 1. The summed E-state index contributed by atoms with van der Waals surface area (Å²) in [6.07, 6.45) is 1.55. The fourth-order valence-electron chi connectivity index (χ4n) is 2.21. The summed E-state index contributed by atoms with van der Waals surface area (Å²) in [5.74, 6) is -0.464. The highest BCUT2D eigenvalue weighted by Crippen LogP contribution is 2.18. The van der Waals surface area contributed by atoms with Crippen molar-refractivity contribution in [2.24, 2.45) is 0 Å². The molecule has 0 saturated heterocycles. The zero-order chi connectivity index (χ0) is 16.1. The van der Waals surface area contributed by atoms with Crippen LogP contribution in [0.25, 0.3) is 0 Å². The molecular formula is C17H20FN3O. The second-order valence-electron chi connectivity index (χ2n) is 5.43. The molecule has 0 aliphatic carbocycles. The number of halogens is 1. The number of benzene rings is 1. The summed E-state index contributed by atoms with van der Waals surface area (Å²) in [5.41, 5.74) is 2.21. The molecule has 4 nitrogen and oxygen atoms in total. The van der Waals surface area contributed by atoms with E-state index in [1.54, 1.807) is 24.4 Å². The first-order chi connectivity index (χ1) is 10.5. The van der Waals surface area contributed by atoms with E-state index >= 15 is 0 Å². The van der Waals surface area contributed by atoms with E-state index in [4.69, 9.17) is 0 Å². The highest BCUT2D eigenvalue weighted by molar-refractivity contribution is 5.93. The number of likely N-dealkylation sites (N-methyl/N-ethyl adjacent to an activating group) is 1. The Bertz CT molecular complexity index is 641. The summed E-state index contributed by atoms with van der Waals surface area (Å²) < 4.78 is 13.4. The van der Waals surface area contributed by atoms with Crippen molar-refractivity contribution in [3.8, 4) is 0 Å². The first-order valence-corrected chi connectivity index (χ1v) is 7.10. The molecule has 1 aromatic carbocycles. The second kappa shape index (κ2) is 7.13. The molecule has 1 heterocycles. The molecule has 0 aliphatic heterocycles. The number of carbonyl (C=O) groups is 1. The predicted molar refractivity (Wildman–Crippen MR) is 84.1 cm³/mol. The van der Waals surface area contributed by atoms with Crippen molar-refractivity contribution >= 4 is 5.91 Å². The normalized spacial score (nSPS) is 12.2. The van der Waals surface area contributed by atoms with Crippen molar-refractivity contribution in [2.75, 3.05) is 20.6 Å². The van der Waals surface area contributed by atoms with E-state index in [0.29, 0.717) is 12.1 Å². The van der Waals surface area contributed by atoms with E-state index in [-0.39, 0.29) is 17.8 Å². The molecule has 0 fully saturated rings. The van der Waals surface area contributed by atoms with Crippen LogP contribution >= 0.6 is 0 Å². The Morgan fingerprint density at radius 3 is 2.68 bits per heavy atom. The molecule has 1 atom stereocenters. The average molecular weight is 301 g/mol. The molecule has 0 aliphatic rings. The first-order valence-electron chi connectivity index (χ1n) is 7.10. The van der Waals surface area contributed by atoms with Crippen LogP contribution in [0.2, 0.25) is 0 Å². The van der Waals surface area contributed by atoms with Gasteiger partial charge in [-0.2, -0.15) is 0 Å². The standard InChI is InChI=1S/C17H20FN3O/c1-12-7-8-14(10-19-12)17(22)20-11-16(21(2)3)13-5-4-6-15(18)9-13/h4-10,16H,11H2,1-3H3,(H,20,22). The number of aromatic nitrogens is 1. The molecule has 2 aromatic rings. The highest BCUT2D eigenvalue weighted by atomic mass is 19.1. The minimum absolute atomic E-state index is 0.0990. The van der Waals surface area contributed by atoms with Crippen LogP contribution in [0, 0.1) is 12.7 Å². The molecule has 116 valence electrons. The molecule has 0 bridgehead atoms. The van der Waals surface area contributed by atoms with Crippen LogP contribution in [-0.4, -0.2) is 36.4 Å². The molecule has 22 heavy (non-hydrogen) atoms. The van der Waals surface area contributed by atoms with Crippen molar-refractivity contribution in [1.82, 2.24) is 15.2 Å². The number of carbonyl (C=O) groups excluding carboxylic acids is 1. The largest absolute Gasteiger partial charge is 0.350 e. The maximum absolute atomic E-state index is 13.4. The highest BCUT2D eigenvalue weighted by Gasteiger charge is 2.16. The number of nitrogens with zero attached hydrogens (tertiary/aromatic N) is 2. The van der Waals surface area contributed by atoms with Gasteiger partial charge in [-0.15, -0.1) is 0 Å².